The zero-order chi connectivity index (χ0) is 65.6. The first-order valence-electron chi connectivity index (χ1n) is 42.8. The lowest BCUT2D eigenvalue weighted by Crippen LogP contribution is -2.45. The molecule has 0 fully saturated rings. The number of carbonyl (C=O) groups is 2. The molecule has 0 aromatic heterocycles. The van der Waals surface area contributed by atoms with Crippen molar-refractivity contribution in [1.29, 1.82) is 0 Å². The number of ether oxygens (including phenoxy) is 1. The quantitative estimate of drug-likeness (QED) is 0.0417. The molecular weight excluding hydrogens is 1110 g/mol. The van der Waals surface area contributed by atoms with Gasteiger partial charge in [0.2, 0.25) is 5.91 Å². The van der Waals surface area contributed by atoms with E-state index in [0.29, 0.717) is 25.9 Å². The maximum atomic E-state index is 12.6. The number of rotatable bonds is 82. The molecule has 0 aliphatic rings. The summed E-state index contributed by atoms with van der Waals surface area (Å²) in [7, 11) is 0. The van der Waals surface area contributed by atoms with Crippen LogP contribution in [0.3, 0.4) is 0 Å². The first kappa shape index (κ1) is 89.9. The molecule has 0 aliphatic carbocycles. The fraction of sp³-hybridized carbons (Fsp3) is 0.976. The lowest BCUT2D eigenvalue weighted by atomic mass is 10.0. The average Bonchev–Trinajstić information content (AvgIpc) is 3.65. The summed E-state index contributed by atoms with van der Waals surface area (Å²) in [4.78, 5) is 24.7. The molecule has 544 valence electrons. The summed E-state index contributed by atoms with van der Waals surface area (Å²) in [5.74, 6) is 0.00625. The summed E-state index contributed by atoms with van der Waals surface area (Å²) < 4.78 is 5.53. The van der Waals surface area contributed by atoms with E-state index in [1.54, 1.807) is 0 Å². The second kappa shape index (κ2) is 81.3. The molecule has 6 nitrogen and oxygen atoms in total. The van der Waals surface area contributed by atoms with Gasteiger partial charge < -0.3 is 20.3 Å². The molecule has 1 amide bonds. The van der Waals surface area contributed by atoms with E-state index in [4.69, 9.17) is 4.74 Å². The van der Waals surface area contributed by atoms with Crippen LogP contribution in [0.1, 0.15) is 508 Å². The van der Waals surface area contributed by atoms with Crippen molar-refractivity contribution in [3.8, 4) is 0 Å². The number of nitrogens with one attached hydrogen (secondary N) is 1. The summed E-state index contributed by atoms with van der Waals surface area (Å²) in [6.45, 7) is 5.03. The van der Waals surface area contributed by atoms with E-state index in [1.807, 2.05) is 0 Å². The van der Waals surface area contributed by atoms with Crippen molar-refractivity contribution in [2.75, 3.05) is 13.2 Å². The van der Waals surface area contributed by atoms with Gasteiger partial charge in [0.25, 0.3) is 0 Å². The topological polar surface area (TPSA) is 95.9 Å². The van der Waals surface area contributed by atoms with Crippen molar-refractivity contribution < 1.29 is 24.5 Å². The standard InChI is InChI=1S/C85H169NO5/c1-3-5-7-9-11-13-15-17-19-21-42-47-51-55-59-63-67-71-75-79-85(90)91-80-76-72-68-64-60-56-52-48-44-41-39-37-35-33-31-29-27-25-23-24-26-28-30-32-34-36-38-40-43-46-50-54-58-62-66-70-74-78-84(89)86-82(81-87)83(88)77-73-69-65-61-57-53-49-45-22-20-18-16-14-12-10-8-6-4-2/h82-83,87-88H,3-81H2,1-2H3,(H,86,89). The van der Waals surface area contributed by atoms with Gasteiger partial charge in [-0.05, 0) is 25.7 Å². The molecule has 2 atom stereocenters. The molecule has 0 bridgehead atoms. The van der Waals surface area contributed by atoms with E-state index in [0.717, 1.165) is 38.5 Å². The van der Waals surface area contributed by atoms with Crippen molar-refractivity contribution in [2.45, 2.75) is 520 Å². The highest BCUT2D eigenvalue weighted by Crippen LogP contribution is 2.21. The van der Waals surface area contributed by atoms with Gasteiger partial charge in [0, 0.05) is 12.8 Å². The van der Waals surface area contributed by atoms with Gasteiger partial charge in [0.15, 0.2) is 0 Å². The van der Waals surface area contributed by atoms with Gasteiger partial charge >= 0.3 is 5.97 Å². The minimum atomic E-state index is -0.660. The Hall–Kier alpha value is -1.14. The Morgan fingerprint density at radius 3 is 0.670 bits per heavy atom. The Balaban J connectivity index is 3.28. The molecule has 0 aliphatic heterocycles. The van der Waals surface area contributed by atoms with Crippen molar-refractivity contribution in [1.82, 2.24) is 5.32 Å². The molecule has 0 saturated heterocycles. The number of hydrogen-bond donors (Lipinski definition) is 3. The van der Waals surface area contributed by atoms with Crippen molar-refractivity contribution in [3.05, 3.63) is 0 Å². The maximum Gasteiger partial charge on any atom is 0.305 e. The second-order valence-corrected chi connectivity index (χ2v) is 29.9. The van der Waals surface area contributed by atoms with Gasteiger partial charge in [-0.25, -0.2) is 0 Å². The molecule has 91 heavy (non-hydrogen) atoms. The van der Waals surface area contributed by atoms with E-state index in [2.05, 4.69) is 19.2 Å². The summed E-state index contributed by atoms with van der Waals surface area (Å²) in [5.41, 5.74) is 0. The van der Waals surface area contributed by atoms with Crippen LogP contribution in [0.2, 0.25) is 0 Å². The third kappa shape index (κ3) is 77.7. The van der Waals surface area contributed by atoms with Gasteiger partial charge in [-0.15, -0.1) is 0 Å². The first-order valence-corrected chi connectivity index (χ1v) is 42.8. The molecule has 0 aromatic rings. The van der Waals surface area contributed by atoms with E-state index in [1.165, 1.54) is 437 Å². The van der Waals surface area contributed by atoms with Crippen LogP contribution in [0.15, 0.2) is 0 Å². The number of carbonyl (C=O) groups excluding carboxylic acids is 2. The minimum Gasteiger partial charge on any atom is -0.466 e. The molecule has 0 aromatic carbocycles. The predicted molar refractivity (Wildman–Crippen MR) is 403 cm³/mol. The molecule has 0 spiro atoms. The SMILES string of the molecule is CCCCCCCCCCCCCCCCCCCCCC(=O)OCCCCCCCCCCCCCCCCCCCCCCCCCCCCCCCCCCCCCCCC(=O)NC(CO)C(O)CCCCCCCCCCCCCCCCCCCC. The number of aliphatic hydroxyl groups excluding tert-OH is 2. The highest BCUT2D eigenvalue weighted by atomic mass is 16.5. The lowest BCUT2D eigenvalue weighted by Gasteiger charge is -2.22. The summed E-state index contributed by atoms with van der Waals surface area (Å²) >= 11 is 0. The maximum absolute atomic E-state index is 12.6. The largest absolute Gasteiger partial charge is 0.466 e. The van der Waals surface area contributed by atoms with Gasteiger partial charge in [-0.3, -0.25) is 9.59 Å². The lowest BCUT2D eigenvalue weighted by molar-refractivity contribution is -0.143. The number of hydrogen-bond acceptors (Lipinski definition) is 5. The van der Waals surface area contributed by atoms with Crippen LogP contribution in [-0.4, -0.2) is 47.4 Å². The molecular formula is C85H169NO5. The van der Waals surface area contributed by atoms with Gasteiger partial charge in [-0.1, -0.05) is 470 Å². The summed E-state index contributed by atoms with van der Waals surface area (Å²) in [5, 5.41) is 23.4. The molecule has 6 heteroatoms. The van der Waals surface area contributed by atoms with E-state index < -0.39 is 12.1 Å². The predicted octanol–water partition coefficient (Wildman–Crippen LogP) is 28.4. The van der Waals surface area contributed by atoms with Crippen LogP contribution < -0.4 is 5.32 Å². The molecule has 2 unspecified atom stereocenters. The second-order valence-electron chi connectivity index (χ2n) is 29.9. The normalized spacial score (nSPS) is 12.4. The van der Waals surface area contributed by atoms with Crippen LogP contribution >= 0.6 is 0 Å². The molecule has 0 rings (SSSR count). The van der Waals surface area contributed by atoms with Gasteiger partial charge in [-0.2, -0.15) is 0 Å². The summed E-state index contributed by atoms with van der Waals surface area (Å²) in [6.07, 6.45) is 102. The van der Waals surface area contributed by atoms with Crippen LogP contribution in [0.5, 0.6) is 0 Å². The number of aliphatic hydroxyl groups is 2. The number of amides is 1. The number of esters is 1. The van der Waals surface area contributed by atoms with Crippen LogP contribution in [0, 0.1) is 0 Å². The van der Waals surface area contributed by atoms with Crippen molar-refractivity contribution in [2.24, 2.45) is 0 Å². The van der Waals surface area contributed by atoms with E-state index in [-0.39, 0.29) is 18.5 Å². The highest BCUT2D eigenvalue weighted by Gasteiger charge is 2.20. The van der Waals surface area contributed by atoms with Crippen molar-refractivity contribution >= 4 is 11.9 Å². The van der Waals surface area contributed by atoms with E-state index in [9.17, 15) is 19.8 Å². The molecule has 3 N–H and O–H groups in total. The Morgan fingerprint density at radius 1 is 0.264 bits per heavy atom. The highest BCUT2D eigenvalue weighted by molar-refractivity contribution is 5.76. The zero-order valence-corrected chi connectivity index (χ0v) is 62.6. The average molecular weight is 1290 g/mol. The van der Waals surface area contributed by atoms with E-state index >= 15 is 0 Å². The molecule has 0 heterocycles. The smallest absolute Gasteiger partial charge is 0.305 e. The fourth-order valence-corrected chi connectivity index (χ4v) is 14.2. The monoisotopic (exact) mass is 1280 g/mol. The van der Waals surface area contributed by atoms with Crippen LogP contribution in [0.4, 0.5) is 0 Å². The first-order chi connectivity index (χ1) is 45.0. The Bertz CT molecular complexity index is 1340. The van der Waals surface area contributed by atoms with Crippen molar-refractivity contribution in [3.63, 3.8) is 0 Å². The molecule has 0 radical (unpaired) electrons. The third-order valence-electron chi connectivity index (χ3n) is 20.7. The van der Waals surface area contributed by atoms with Crippen LogP contribution in [0.25, 0.3) is 0 Å². The third-order valence-corrected chi connectivity index (χ3v) is 20.7. The Morgan fingerprint density at radius 2 is 0.451 bits per heavy atom. The Labute approximate surface area is 572 Å². The van der Waals surface area contributed by atoms with Gasteiger partial charge in [0.1, 0.15) is 0 Å². The van der Waals surface area contributed by atoms with Gasteiger partial charge in [0.05, 0.1) is 25.4 Å². The molecule has 0 saturated carbocycles. The minimum absolute atomic E-state index is 0.0236. The fourth-order valence-electron chi connectivity index (χ4n) is 14.2. The Kier molecular flexibility index (Phi) is 80.3. The zero-order valence-electron chi connectivity index (χ0n) is 62.6. The van der Waals surface area contributed by atoms with Crippen LogP contribution in [-0.2, 0) is 14.3 Å². The summed E-state index contributed by atoms with van der Waals surface area (Å²) in [6, 6.07) is -0.537. The number of unbranched alkanes of at least 4 members (excludes halogenated alkanes) is 71.